The van der Waals surface area contributed by atoms with E-state index < -0.39 is 78.9 Å². The van der Waals surface area contributed by atoms with Crippen molar-refractivity contribution in [2.45, 2.75) is 194 Å². The van der Waals surface area contributed by atoms with Gasteiger partial charge in [0.1, 0.15) is 47.7 Å². The summed E-state index contributed by atoms with van der Waals surface area (Å²) in [6.07, 6.45) is 8.00. The van der Waals surface area contributed by atoms with Crippen molar-refractivity contribution in [1.82, 2.24) is 0 Å². The van der Waals surface area contributed by atoms with Crippen molar-refractivity contribution in [2.75, 3.05) is 37.1 Å². The second-order valence-corrected chi connectivity index (χ2v) is 34.4. The van der Waals surface area contributed by atoms with Crippen LogP contribution < -0.4 is 28.7 Å². The summed E-state index contributed by atoms with van der Waals surface area (Å²) in [6, 6.07) is 38.0. The van der Waals surface area contributed by atoms with Crippen molar-refractivity contribution in [3.05, 3.63) is 254 Å². The first kappa shape index (κ1) is 73.7. The molecular formula is C88H96N4O14. The Morgan fingerprint density at radius 2 is 0.755 bits per heavy atom. The number of ether oxygens (including phenoxy) is 6. The number of nitro groups is 2. The van der Waals surface area contributed by atoms with Gasteiger partial charge in [0.05, 0.1) is 20.7 Å². The van der Waals surface area contributed by atoms with Gasteiger partial charge in [0.25, 0.3) is 11.4 Å². The summed E-state index contributed by atoms with van der Waals surface area (Å²) in [5.41, 5.74) is 8.79. The molecule has 0 saturated carbocycles. The summed E-state index contributed by atoms with van der Waals surface area (Å²) in [5.74, 6) is -0.0798. The van der Waals surface area contributed by atoms with E-state index >= 15 is 0 Å². The van der Waals surface area contributed by atoms with Crippen LogP contribution in [0.1, 0.15) is 211 Å². The average molecular weight is 1430 g/mol. The van der Waals surface area contributed by atoms with E-state index in [4.69, 9.17) is 28.4 Å². The number of phenolic OH excluding ortho intramolecular Hbond substituents is 2. The zero-order valence-electron chi connectivity index (χ0n) is 64.1. The Balaban J connectivity index is 0.869. The van der Waals surface area contributed by atoms with Crippen LogP contribution in [0.25, 0.3) is 12.2 Å². The highest BCUT2D eigenvalue weighted by atomic mass is 16.6. The lowest BCUT2D eigenvalue weighted by atomic mass is 9.76. The van der Waals surface area contributed by atoms with Gasteiger partial charge in [-0.25, -0.2) is 9.59 Å². The summed E-state index contributed by atoms with van der Waals surface area (Å²) < 4.78 is 40.0. The molecule has 2 spiro atoms. The van der Waals surface area contributed by atoms with Crippen LogP contribution in [0.15, 0.2) is 133 Å². The van der Waals surface area contributed by atoms with Crippen molar-refractivity contribution < 1.29 is 58.1 Å². The van der Waals surface area contributed by atoms with Gasteiger partial charge in [-0.2, -0.15) is 0 Å². The number of para-hydroxylation sites is 2. The number of esters is 2. The topological polar surface area (TPSA) is 223 Å². The van der Waals surface area contributed by atoms with Crippen LogP contribution in [0.2, 0.25) is 0 Å². The van der Waals surface area contributed by atoms with Crippen LogP contribution >= 0.6 is 0 Å². The maximum atomic E-state index is 14.6. The molecule has 2 unspecified atom stereocenters. The van der Waals surface area contributed by atoms with Gasteiger partial charge >= 0.3 is 11.9 Å². The number of hydrogen-bond donors (Lipinski definition) is 2. The third-order valence-electron chi connectivity index (χ3n) is 22.4. The number of carbonyl (C=O) groups excluding carboxylic acids is 2. The van der Waals surface area contributed by atoms with Crippen molar-refractivity contribution >= 4 is 46.8 Å². The SMILES string of the molecule is CN1c2ccccc2C(C)(C)C12C=Cc1cc([N+](=O)[O-])cc(COC(=O)COc3c4cc(C(C)(C)C)cc3Cc3cc(C(C)(C)C)cc(c3O)Cc3cc(C(C)(C)C)cc(c3OCC(=O)OCc3cc([N+](=O)[O-])cc5c3OC3(C=C5)N(C)c5ccccc5C3(C)C)Cc3cc(C(C)(C)C)cc(c3O)C4)c1O2. The van der Waals surface area contributed by atoms with Crippen LogP contribution in [0.4, 0.5) is 22.7 Å². The summed E-state index contributed by atoms with van der Waals surface area (Å²) >= 11 is 0. The molecule has 2 atom stereocenters. The smallest absolute Gasteiger partial charge is 0.344 e. The second-order valence-electron chi connectivity index (χ2n) is 34.4. The summed E-state index contributed by atoms with van der Waals surface area (Å²) in [5, 5.41) is 51.2. The number of carbonyl (C=O) groups is 2. The van der Waals surface area contributed by atoms with Crippen molar-refractivity contribution in [3.63, 3.8) is 0 Å². The minimum absolute atomic E-state index is 0.0179. The number of fused-ring (bicyclic) bond motifs is 12. The van der Waals surface area contributed by atoms with Gasteiger partial charge in [-0.1, -0.05) is 168 Å². The van der Waals surface area contributed by atoms with Gasteiger partial charge in [0, 0.05) is 97.7 Å². The van der Waals surface area contributed by atoms with E-state index in [1.54, 1.807) is 0 Å². The Hall–Kier alpha value is -10.6. The van der Waals surface area contributed by atoms with Crippen LogP contribution in [0, 0.1) is 20.2 Å². The normalized spacial score (nSPS) is 18.1. The van der Waals surface area contributed by atoms with Crippen LogP contribution in [-0.2, 0) is 90.4 Å². The molecule has 106 heavy (non-hydrogen) atoms. The van der Waals surface area contributed by atoms with Crippen LogP contribution in [-0.4, -0.2) is 70.8 Å². The summed E-state index contributed by atoms with van der Waals surface area (Å²) in [4.78, 5) is 57.3. The second kappa shape index (κ2) is 26.2. The first-order chi connectivity index (χ1) is 49.6. The number of rotatable bonds is 12. The zero-order valence-corrected chi connectivity index (χ0v) is 64.1. The van der Waals surface area contributed by atoms with Gasteiger partial charge in [-0.3, -0.25) is 20.2 Å². The first-order valence-electron chi connectivity index (χ1n) is 36.3. The highest BCUT2D eigenvalue weighted by Crippen LogP contribution is 2.57. The minimum Gasteiger partial charge on any atom is -0.507 e. The van der Waals surface area contributed by atoms with E-state index in [-0.39, 0.29) is 61.8 Å². The van der Waals surface area contributed by atoms with Gasteiger partial charge in [-0.15, -0.1) is 0 Å². The van der Waals surface area contributed by atoms with Crippen molar-refractivity contribution in [1.29, 1.82) is 0 Å². The van der Waals surface area contributed by atoms with E-state index in [0.29, 0.717) is 89.8 Å². The van der Waals surface area contributed by atoms with Gasteiger partial charge < -0.3 is 48.4 Å². The number of non-ortho nitro benzene ring substituents is 2. The molecule has 4 aliphatic heterocycles. The number of aromatic hydroxyl groups is 2. The number of likely N-dealkylation sites (N-methyl/N-ethyl adjacent to an activating group) is 2. The van der Waals surface area contributed by atoms with Gasteiger partial charge in [-0.05, 0) is 164 Å². The van der Waals surface area contributed by atoms with E-state index in [2.05, 4.69) is 157 Å². The average Bonchev–Trinajstić information content (AvgIpc) is 1.54. The number of hydrogen-bond acceptors (Lipinski definition) is 16. The Labute approximate surface area is 620 Å². The van der Waals surface area contributed by atoms with Gasteiger partial charge in [0.15, 0.2) is 13.2 Å². The zero-order chi connectivity index (χ0) is 76.5. The fraction of sp³-hybridized carbons (Fsp3) is 0.386. The van der Waals surface area contributed by atoms with Crippen LogP contribution in [0.5, 0.6) is 34.5 Å². The van der Waals surface area contributed by atoms with Crippen molar-refractivity contribution in [2.24, 2.45) is 0 Å². The number of benzene rings is 8. The Morgan fingerprint density at radius 1 is 0.462 bits per heavy atom. The third kappa shape index (κ3) is 13.0. The molecule has 8 aromatic carbocycles. The molecule has 552 valence electrons. The Bertz CT molecular complexity index is 4620. The molecule has 8 aromatic rings. The van der Waals surface area contributed by atoms with Gasteiger partial charge in [0.2, 0.25) is 11.4 Å². The molecule has 8 bridgehead atoms. The molecule has 5 aliphatic rings. The lowest BCUT2D eigenvalue weighted by Crippen LogP contribution is -2.58. The molecule has 0 saturated heterocycles. The van der Waals surface area contributed by atoms with Crippen LogP contribution in [0.3, 0.4) is 0 Å². The molecule has 18 heteroatoms. The number of nitrogens with zero attached hydrogens (tertiary/aromatic N) is 4. The Morgan fingerprint density at radius 3 is 1.04 bits per heavy atom. The molecule has 0 fully saturated rings. The number of anilines is 2. The van der Waals surface area contributed by atoms with E-state index in [1.165, 1.54) is 24.3 Å². The summed E-state index contributed by atoms with van der Waals surface area (Å²) in [7, 11) is 3.91. The monoisotopic (exact) mass is 1430 g/mol. The molecule has 18 nitrogen and oxygen atoms in total. The number of nitro benzene ring substituents is 2. The highest BCUT2D eigenvalue weighted by Gasteiger charge is 2.59. The predicted octanol–water partition coefficient (Wildman–Crippen LogP) is 18.1. The maximum absolute atomic E-state index is 14.6. The first-order valence-corrected chi connectivity index (χ1v) is 36.3. The predicted molar refractivity (Wildman–Crippen MR) is 412 cm³/mol. The molecule has 0 radical (unpaired) electrons. The van der Waals surface area contributed by atoms with Crippen molar-refractivity contribution in [3.8, 4) is 34.5 Å². The minimum atomic E-state index is -1.04. The molecule has 1 aliphatic carbocycles. The molecule has 0 aromatic heterocycles. The molecule has 4 heterocycles. The lowest BCUT2D eigenvalue weighted by molar-refractivity contribution is -0.385. The molecular weight excluding hydrogens is 1340 g/mol. The lowest BCUT2D eigenvalue weighted by Gasteiger charge is -2.46. The largest absolute Gasteiger partial charge is 0.507 e. The fourth-order valence-corrected chi connectivity index (χ4v) is 16.0. The third-order valence-corrected chi connectivity index (χ3v) is 22.4. The maximum Gasteiger partial charge on any atom is 0.344 e. The highest BCUT2D eigenvalue weighted by molar-refractivity contribution is 5.78. The van der Waals surface area contributed by atoms with E-state index in [1.807, 2.05) is 99.1 Å². The summed E-state index contributed by atoms with van der Waals surface area (Å²) in [6.45, 7) is 31.8. The molecule has 2 N–H and O–H groups in total. The Kier molecular flexibility index (Phi) is 18.2. The standard InChI is InChI=1S/C88H96N4O14/c1-81(2,3)63-35-53-31-57-39-65(83(7,8)9)41-59(77(57)103-49-73(93)101-47-61-45-67(91(97)98)43-51-27-29-87(105-79(51)61)85(13,14)69-23-19-21-25-71(69)89(87)17)33-55-37-64(82(4,5)6)38-56(76(55)96)34-60-42-66(84(10,11)12)40-58(32-54(36-63)75(53)95)78(60)104-50-74(94)102-48-62-46-68(92(99)100)44-52-28-30-88(106-80(52)62)86(15,16)70-24-20-22-26-72(70)90(88)18/h19-30,35-46,95-96H,31-34,47-50H2,1-18H3. The van der Waals surface area contributed by atoms with E-state index in [9.17, 15) is 40.0 Å². The number of phenols is 2. The molecule has 13 rings (SSSR count). The quantitative estimate of drug-likeness (QED) is 0.0659. The molecule has 0 amide bonds. The van der Waals surface area contributed by atoms with E-state index in [0.717, 1.165) is 44.8 Å². The fourth-order valence-electron chi connectivity index (χ4n) is 16.0.